The van der Waals surface area contributed by atoms with Crippen LogP contribution in [0.15, 0.2) is 29.4 Å². The average molecular weight is 262 g/mol. The van der Waals surface area contributed by atoms with Crippen LogP contribution in [0.4, 0.5) is 0 Å². The fraction of sp³-hybridized carbons (Fsp3) is 0.429. The van der Waals surface area contributed by atoms with E-state index in [1.165, 1.54) is 0 Å². The van der Waals surface area contributed by atoms with Crippen LogP contribution >= 0.6 is 0 Å². The van der Waals surface area contributed by atoms with Crippen molar-refractivity contribution in [1.82, 2.24) is 5.32 Å². The molecule has 0 atom stereocenters. The first-order valence-electron chi connectivity index (χ1n) is 6.24. The first-order chi connectivity index (χ1) is 9.17. The van der Waals surface area contributed by atoms with E-state index >= 15 is 0 Å². The molecule has 0 saturated carbocycles. The molecule has 0 fully saturated rings. The second-order valence-electron chi connectivity index (χ2n) is 4.03. The van der Waals surface area contributed by atoms with Crippen molar-refractivity contribution in [3.05, 3.63) is 29.8 Å². The number of amides is 1. The first kappa shape index (κ1) is 14.9. The second kappa shape index (κ2) is 8.06. The molecular weight excluding hydrogens is 242 g/mol. The van der Waals surface area contributed by atoms with E-state index in [4.69, 9.17) is 4.74 Å². The molecule has 5 heteroatoms. The number of carbonyl (C=O) groups is 1. The number of ether oxygens (including phenoxy) is 1. The predicted molar refractivity (Wildman–Crippen MR) is 73.6 cm³/mol. The van der Waals surface area contributed by atoms with Crippen molar-refractivity contribution in [3.8, 4) is 5.75 Å². The highest BCUT2D eigenvalue weighted by atomic mass is 16.5. The summed E-state index contributed by atoms with van der Waals surface area (Å²) in [7, 11) is 3.28. The summed E-state index contributed by atoms with van der Waals surface area (Å²) in [5.74, 6) is 0.830. The van der Waals surface area contributed by atoms with Gasteiger partial charge in [0.25, 0.3) is 0 Å². The molecular formula is C14H20N3O2+. The lowest BCUT2D eigenvalue weighted by Crippen LogP contribution is -2.18. The zero-order valence-corrected chi connectivity index (χ0v) is 11.6. The van der Waals surface area contributed by atoms with Gasteiger partial charge in [-0.2, -0.15) is 0 Å². The van der Waals surface area contributed by atoms with Crippen molar-refractivity contribution >= 4 is 11.6 Å². The Kier molecular flexibility index (Phi) is 6.33. The van der Waals surface area contributed by atoms with E-state index in [9.17, 15) is 4.79 Å². The van der Waals surface area contributed by atoms with Crippen molar-refractivity contribution in [3.63, 3.8) is 0 Å². The van der Waals surface area contributed by atoms with E-state index in [-0.39, 0.29) is 5.91 Å². The zero-order chi connectivity index (χ0) is 14.1. The highest BCUT2D eigenvalue weighted by Gasteiger charge is 2.07. The Labute approximate surface area is 113 Å². The molecule has 1 N–H and O–H groups in total. The number of hydrogen-bond acceptors (Lipinski definition) is 3. The molecule has 0 heterocycles. The van der Waals surface area contributed by atoms with Crippen LogP contribution in [-0.2, 0) is 4.79 Å². The van der Waals surface area contributed by atoms with Crippen molar-refractivity contribution in [2.75, 3.05) is 20.7 Å². The van der Waals surface area contributed by atoms with Crippen LogP contribution in [0.5, 0.6) is 5.75 Å². The molecule has 0 aliphatic heterocycles. The van der Waals surface area contributed by atoms with Crippen molar-refractivity contribution in [1.29, 1.82) is 0 Å². The fourth-order valence-corrected chi connectivity index (χ4v) is 1.55. The molecule has 0 unspecified atom stereocenters. The molecule has 0 saturated heterocycles. The third-order valence-corrected chi connectivity index (χ3v) is 2.62. The summed E-state index contributed by atoms with van der Waals surface area (Å²) in [6, 6.07) is 7.67. The summed E-state index contributed by atoms with van der Waals surface area (Å²) >= 11 is 0. The van der Waals surface area contributed by atoms with Gasteiger partial charge in [0.15, 0.2) is 0 Å². The maximum absolute atomic E-state index is 11.0. The molecule has 1 aromatic carbocycles. The predicted octanol–water partition coefficient (Wildman–Crippen LogP) is 1.69. The number of hydrogen-bond donors (Lipinski definition) is 1. The number of rotatable bonds is 6. The van der Waals surface area contributed by atoms with Crippen LogP contribution in [0, 0.1) is 0 Å². The highest BCUT2D eigenvalue weighted by molar-refractivity contribution is 5.94. The largest absolute Gasteiger partial charge is 0.494 e. The molecule has 1 aromatic rings. The number of carbonyl (C=O) groups excluding carboxylic acids is 1. The number of nitrogens with one attached hydrogen (secondary N) is 1. The second-order valence-corrected chi connectivity index (χ2v) is 4.03. The standard InChI is InChI=1S/C14H19N3O2/c1-11(17-16-3)12-6-8-13(9-7-12)19-10-4-5-14(18)15-2/h6-9H,4-5,10H2,1-3H3/p+1. The Morgan fingerprint density at radius 3 is 2.63 bits per heavy atom. The Bertz CT molecular complexity index is 474. The summed E-state index contributed by atoms with van der Waals surface area (Å²) in [4.78, 5) is 15.0. The average Bonchev–Trinajstić information content (AvgIpc) is 2.44. The normalized spacial score (nSPS) is 9.42. The van der Waals surface area contributed by atoms with Crippen molar-refractivity contribution in [2.45, 2.75) is 19.8 Å². The minimum Gasteiger partial charge on any atom is -0.494 e. The minimum absolute atomic E-state index is 0.0362. The Hall–Kier alpha value is -2.13. The molecule has 0 radical (unpaired) electrons. The monoisotopic (exact) mass is 262 g/mol. The van der Waals surface area contributed by atoms with Gasteiger partial charge in [0.05, 0.1) is 22.1 Å². The minimum atomic E-state index is 0.0362. The summed E-state index contributed by atoms with van der Waals surface area (Å²) in [5.41, 5.74) is 1.89. The number of nitrogens with zero attached hydrogens (tertiary/aromatic N) is 2. The molecule has 1 rings (SSSR count). The zero-order valence-electron chi connectivity index (χ0n) is 11.6. The molecule has 1 amide bonds. The topological polar surface area (TPSA) is 64.8 Å². The van der Waals surface area contributed by atoms with Crippen LogP contribution < -0.4 is 10.1 Å². The van der Waals surface area contributed by atoms with Crippen molar-refractivity contribution < 1.29 is 14.3 Å². The van der Waals surface area contributed by atoms with E-state index in [0.29, 0.717) is 19.4 Å². The highest BCUT2D eigenvalue weighted by Crippen LogP contribution is 2.12. The fourth-order valence-electron chi connectivity index (χ4n) is 1.55. The Balaban J connectivity index is 2.45. The maximum Gasteiger partial charge on any atom is 0.345 e. The van der Waals surface area contributed by atoms with Crippen LogP contribution in [0.25, 0.3) is 0 Å². The molecule has 0 aliphatic carbocycles. The molecule has 0 spiro atoms. The lowest BCUT2D eigenvalue weighted by atomic mass is 10.1. The maximum atomic E-state index is 11.0. The first-order valence-corrected chi connectivity index (χ1v) is 6.24. The lowest BCUT2D eigenvalue weighted by Gasteiger charge is -2.05. The lowest BCUT2D eigenvalue weighted by molar-refractivity contribution is -0.120. The summed E-state index contributed by atoms with van der Waals surface area (Å²) < 4.78 is 5.55. The quantitative estimate of drug-likeness (QED) is 0.367. The molecule has 0 aliphatic rings. The van der Waals surface area contributed by atoms with Gasteiger partial charge in [0, 0.05) is 20.4 Å². The third kappa shape index (κ3) is 5.36. The van der Waals surface area contributed by atoms with Gasteiger partial charge >= 0.3 is 5.71 Å². The summed E-state index contributed by atoms with van der Waals surface area (Å²) in [6.45, 7) is 2.44. The van der Waals surface area contributed by atoms with E-state index in [2.05, 4.69) is 15.2 Å². The van der Waals surface area contributed by atoms with Gasteiger partial charge in [-0.05, 0) is 30.7 Å². The third-order valence-electron chi connectivity index (χ3n) is 2.62. The van der Waals surface area contributed by atoms with Gasteiger partial charge < -0.3 is 10.1 Å². The van der Waals surface area contributed by atoms with E-state index in [1.807, 2.05) is 31.2 Å². The van der Waals surface area contributed by atoms with Crippen LogP contribution in [0.3, 0.4) is 0 Å². The molecule has 0 bridgehead atoms. The van der Waals surface area contributed by atoms with Gasteiger partial charge in [-0.3, -0.25) is 4.79 Å². The van der Waals surface area contributed by atoms with Gasteiger partial charge in [-0.15, -0.1) is 0 Å². The molecule has 19 heavy (non-hydrogen) atoms. The van der Waals surface area contributed by atoms with E-state index < -0.39 is 0 Å². The Morgan fingerprint density at radius 1 is 1.37 bits per heavy atom. The van der Waals surface area contributed by atoms with Crippen LogP contribution in [0.1, 0.15) is 25.3 Å². The van der Waals surface area contributed by atoms with E-state index in [0.717, 1.165) is 17.0 Å². The van der Waals surface area contributed by atoms with Gasteiger partial charge in [0.2, 0.25) is 5.91 Å². The number of benzene rings is 1. The smallest absolute Gasteiger partial charge is 0.345 e. The summed E-state index contributed by atoms with van der Waals surface area (Å²) in [6.07, 6.45) is 1.19. The summed E-state index contributed by atoms with van der Waals surface area (Å²) in [5, 5.41) is 6.32. The van der Waals surface area contributed by atoms with Gasteiger partial charge in [-0.25, -0.2) is 0 Å². The Morgan fingerprint density at radius 2 is 2.05 bits per heavy atom. The van der Waals surface area contributed by atoms with Crippen LogP contribution in [-0.4, -0.2) is 37.1 Å². The van der Waals surface area contributed by atoms with E-state index in [1.54, 1.807) is 14.1 Å². The van der Waals surface area contributed by atoms with Crippen molar-refractivity contribution in [2.24, 2.45) is 5.11 Å². The van der Waals surface area contributed by atoms with Gasteiger partial charge in [0.1, 0.15) is 12.8 Å². The molecule has 5 nitrogen and oxygen atoms in total. The van der Waals surface area contributed by atoms with Crippen LogP contribution in [0.2, 0.25) is 0 Å². The van der Waals surface area contributed by atoms with Gasteiger partial charge in [-0.1, -0.05) is 0 Å². The molecule has 0 aromatic heterocycles. The SMILES string of the molecule is CN=[N+]=C(C)c1ccc(OCCCC(=O)NC)cc1. The molecule has 102 valence electrons.